The van der Waals surface area contributed by atoms with Gasteiger partial charge in [0.05, 0.1) is 5.52 Å². The number of aromatic nitrogens is 2. The molecule has 1 aliphatic heterocycles. The summed E-state index contributed by atoms with van der Waals surface area (Å²) in [5.41, 5.74) is 1.20. The number of fused-ring (bicyclic) bond motifs is 1. The van der Waals surface area contributed by atoms with Crippen LogP contribution in [0.3, 0.4) is 0 Å². The summed E-state index contributed by atoms with van der Waals surface area (Å²) in [5, 5.41) is 10.4. The van der Waals surface area contributed by atoms with E-state index in [2.05, 4.69) is 15.5 Å². The average molecular weight is 286 g/mol. The number of benzene rings is 1. The van der Waals surface area contributed by atoms with Crippen LogP contribution in [0.15, 0.2) is 24.3 Å². The van der Waals surface area contributed by atoms with Crippen molar-refractivity contribution in [1.82, 2.24) is 20.4 Å². The Balaban J connectivity index is 1.55. The first-order valence-electron chi connectivity index (χ1n) is 7.25. The van der Waals surface area contributed by atoms with Gasteiger partial charge >= 0.3 is 0 Å². The number of carbonyl (C=O) groups excluding carboxylic acids is 2. The van der Waals surface area contributed by atoms with Crippen molar-refractivity contribution in [2.75, 3.05) is 19.6 Å². The van der Waals surface area contributed by atoms with Gasteiger partial charge in [0.15, 0.2) is 5.69 Å². The molecule has 2 heterocycles. The standard InChI is InChI=1S/C15H18N4O2/c20-13(19-9-3-4-10-19)7-8-16-15(21)14-11-5-1-2-6-12(11)17-18-14/h1-2,5-6H,3-4,7-10H2,(H,16,21)(H,17,18). The second-order valence-corrected chi connectivity index (χ2v) is 5.21. The molecule has 1 aromatic carbocycles. The van der Waals surface area contributed by atoms with E-state index in [0.717, 1.165) is 36.8 Å². The third-order valence-corrected chi connectivity index (χ3v) is 3.77. The lowest BCUT2D eigenvalue weighted by atomic mass is 10.2. The molecule has 0 spiro atoms. The molecule has 1 aliphatic rings. The van der Waals surface area contributed by atoms with Gasteiger partial charge < -0.3 is 10.2 Å². The topological polar surface area (TPSA) is 78.1 Å². The molecule has 110 valence electrons. The lowest BCUT2D eigenvalue weighted by Crippen LogP contribution is -2.32. The number of amides is 2. The van der Waals surface area contributed by atoms with Gasteiger partial charge in [-0.25, -0.2) is 0 Å². The van der Waals surface area contributed by atoms with Gasteiger partial charge in [-0.15, -0.1) is 0 Å². The molecule has 0 bridgehead atoms. The highest BCUT2D eigenvalue weighted by molar-refractivity contribution is 6.04. The minimum absolute atomic E-state index is 0.111. The zero-order valence-electron chi connectivity index (χ0n) is 11.8. The van der Waals surface area contributed by atoms with E-state index in [1.807, 2.05) is 29.2 Å². The first-order chi connectivity index (χ1) is 10.3. The van der Waals surface area contributed by atoms with Gasteiger partial charge in [-0.1, -0.05) is 18.2 Å². The van der Waals surface area contributed by atoms with Crippen LogP contribution in [0.2, 0.25) is 0 Å². The molecule has 0 unspecified atom stereocenters. The molecular weight excluding hydrogens is 268 g/mol. The molecule has 0 radical (unpaired) electrons. The number of aromatic amines is 1. The summed E-state index contributed by atoms with van der Waals surface area (Å²) in [4.78, 5) is 25.8. The average Bonchev–Trinajstić information content (AvgIpc) is 3.16. The van der Waals surface area contributed by atoms with Gasteiger partial charge in [0.25, 0.3) is 5.91 Å². The first kappa shape index (κ1) is 13.6. The van der Waals surface area contributed by atoms with Crippen LogP contribution in [-0.4, -0.2) is 46.5 Å². The van der Waals surface area contributed by atoms with Crippen LogP contribution in [0.25, 0.3) is 10.9 Å². The summed E-state index contributed by atoms with van der Waals surface area (Å²) in [6, 6.07) is 7.47. The Morgan fingerprint density at radius 3 is 2.81 bits per heavy atom. The number of rotatable bonds is 4. The predicted molar refractivity (Wildman–Crippen MR) is 78.9 cm³/mol. The van der Waals surface area contributed by atoms with Crippen LogP contribution in [0.5, 0.6) is 0 Å². The maximum absolute atomic E-state index is 12.1. The van der Waals surface area contributed by atoms with Gasteiger partial charge in [-0.05, 0) is 18.9 Å². The Morgan fingerprint density at radius 1 is 1.24 bits per heavy atom. The second-order valence-electron chi connectivity index (χ2n) is 5.21. The Kier molecular flexibility index (Phi) is 3.85. The SMILES string of the molecule is O=C(NCCC(=O)N1CCCC1)c1n[nH]c2ccccc12. The van der Waals surface area contributed by atoms with Crippen molar-refractivity contribution < 1.29 is 9.59 Å². The highest BCUT2D eigenvalue weighted by Crippen LogP contribution is 2.14. The predicted octanol–water partition coefficient (Wildman–Crippen LogP) is 1.31. The maximum atomic E-state index is 12.1. The van der Waals surface area contributed by atoms with Gasteiger partial charge in [0.1, 0.15) is 0 Å². The molecule has 1 aromatic heterocycles. The molecular formula is C15H18N4O2. The Morgan fingerprint density at radius 2 is 2.00 bits per heavy atom. The molecule has 0 saturated carbocycles. The molecule has 1 fully saturated rings. The fourth-order valence-corrected chi connectivity index (χ4v) is 2.63. The van der Waals surface area contributed by atoms with Gasteiger partial charge in [0, 0.05) is 31.4 Å². The first-order valence-corrected chi connectivity index (χ1v) is 7.25. The van der Waals surface area contributed by atoms with Crippen molar-refractivity contribution in [1.29, 1.82) is 0 Å². The van der Waals surface area contributed by atoms with Crippen LogP contribution < -0.4 is 5.32 Å². The molecule has 2 aromatic rings. The minimum atomic E-state index is -0.248. The third kappa shape index (κ3) is 2.89. The molecule has 1 saturated heterocycles. The fourth-order valence-electron chi connectivity index (χ4n) is 2.63. The smallest absolute Gasteiger partial charge is 0.272 e. The summed E-state index contributed by atoms with van der Waals surface area (Å²) in [6.07, 6.45) is 2.50. The maximum Gasteiger partial charge on any atom is 0.272 e. The number of likely N-dealkylation sites (tertiary alicyclic amines) is 1. The molecule has 3 rings (SSSR count). The molecule has 2 N–H and O–H groups in total. The van der Waals surface area contributed by atoms with E-state index in [4.69, 9.17) is 0 Å². The molecule has 6 heteroatoms. The van der Waals surface area contributed by atoms with Gasteiger partial charge in [0.2, 0.25) is 5.91 Å². The zero-order chi connectivity index (χ0) is 14.7. The van der Waals surface area contributed by atoms with Crippen LogP contribution in [0.1, 0.15) is 29.8 Å². The van der Waals surface area contributed by atoms with Crippen molar-refractivity contribution >= 4 is 22.7 Å². The van der Waals surface area contributed by atoms with Crippen LogP contribution in [0.4, 0.5) is 0 Å². The van der Waals surface area contributed by atoms with E-state index in [-0.39, 0.29) is 11.8 Å². The number of carbonyl (C=O) groups is 2. The summed E-state index contributed by atoms with van der Waals surface area (Å²) in [7, 11) is 0. The highest BCUT2D eigenvalue weighted by atomic mass is 16.2. The van der Waals surface area contributed by atoms with Crippen molar-refractivity contribution in [3.63, 3.8) is 0 Å². The molecule has 0 aliphatic carbocycles. The molecule has 6 nitrogen and oxygen atoms in total. The van der Waals surface area contributed by atoms with E-state index in [1.165, 1.54) is 0 Å². The summed E-state index contributed by atoms with van der Waals surface area (Å²) in [5.74, 6) is -0.138. The Labute approximate surface area is 122 Å². The van der Waals surface area contributed by atoms with Crippen molar-refractivity contribution in [3.8, 4) is 0 Å². The summed E-state index contributed by atoms with van der Waals surface area (Å²) >= 11 is 0. The van der Waals surface area contributed by atoms with Crippen molar-refractivity contribution in [2.45, 2.75) is 19.3 Å². The molecule has 2 amide bonds. The van der Waals surface area contributed by atoms with Gasteiger partial charge in [-0.3, -0.25) is 14.7 Å². The van der Waals surface area contributed by atoms with Crippen LogP contribution >= 0.6 is 0 Å². The summed E-state index contributed by atoms with van der Waals surface area (Å²) < 4.78 is 0. The largest absolute Gasteiger partial charge is 0.350 e. The van der Waals surface area contributed by atoms with Crippen LogP contribution in [0, 0.1) is 0 Å². The van der Waals surface area contributed by atoms with E-state index in [9.17, 15) is 9.59 Å². The van der Waals surface area contributed by atoms with E-state index >= 15 is 0 Å². The number of hydrogen-bond acceptors (Lipinski definition) is 3. The molecule has 21 heavy (non-hydrogen) atoms. The highest BCUT2D eigenvalue weighted by Gasteiger charge is 2.18. The quantitative estimate of drug-likeness (QED) is 0.889. The summed E-state index contributed by atoms with van der Waals surface area (Å²) in [6.45, 7) is 2.03. The number of hydrogen-bond donors (Lipinski definition) is 2. The number of H-pyrrole nitrogens is 1. The van der Waals surface area contributed by atoms with E-state index in [0.29, 0.717) is 18.7 Å². The second kappa shape index (κ2) is 5.95. The Bertz CT molecular complexity index is 658. The van der Waals surface area contributed by atoms with Crippen molar-refractivity contribution in [2.24, 2.45) is 0 Å². The zero-order valence-corrected chi connectivity index (χ0v) is 11.8. The van der Waals surface area contributed by atoms with Crippen LogP contribution in [-0.2, 0) is 4.79 Å². The number of para-hydroxylation sites is 1. The minimum Gasteiger partial charge on any atom is -0.350 e. The normalized spacial score (nSPS) is 14.6. The monoisotopic (exact) mass is 286 g/mol. The van der Waals surface area contributed by atoms with E-state index < -0.39 is 0 Å². The number of nitrogens with zero attached hydrogens (tertiary/aromatic N) is 2. The lowest BCUT2D eigenvalue weighted by Gasteiger charge is -2.14. The number of nitrogens with one attached hydrogen (secondary N) is 2. The van der Waals surface area contributed by atoms with Gasteiger partial charge in [-0.2, -0.15) is 5.10 Å². The van der Waals surface area contributed by atoms with Crippen molar-refractivity contribution in [3.05, 3.63) is 30.0 Å². The Hall–Kier alpha value is -2.37. The molecule has 0 atom stereocenters. The van der Waals surface area contributed by atoms with E-state index in [1.54, 1.807) is 0 Å². The fraction of sp³-hybridized carbons (Fsp3) is 0.400. The lowest BCUT2D eigenvalue weighted by molar-refractivity contribution is -0.129. The third-order valence-electron chi connectivity index (χ3n) is 3.77.